The third-order valence-corrected chi connectivity index (χ3v) is 3.46. The first-order valence-electron chi connectivity index (χ1n) is 7.85. The van der Waals surface area contributed by atoms with Crippen molar-refractivity contribution in [3.63, 3.8) is 0 Å². The van der Waals surface area contributed by atoms with Gasteiger partial charge in [-0.25, -0.2) is 0 Å². The fourth-order valence-corrected chi connectivity index (χ4v) is 2.27. The van der Waals surface area contributed by atoms with Crippen LogP contribution in [0.1, 0.15) is 18.1 Å². The zero-order valence-corrected chi connectivity index (χ0v) is 17.1. The molecule has 0 spiro atoms. The molecule has 1 aromatic heterocycles. The molecule has 1 heterocycles. The van der Waals surface area contributed by atoms with E-state index in [1.165, 1.54) is 11.1 Å². The van der Waals surface area contributed by atoms with Gasteiger partial charge in [0.25, 0.3) is 0 Å². The molecule has 1 unspecified atom stereocenters. The van der Waals surface area contributed by atoms with Crippen LogP contribution in [0.4, 0.5) is 0 Å². The van der Waals surface area contributed by atoms with Crippen molar-refractivity contribution in [2.24, 2.45) is 12.0 Å². The fraction of sp³-hybridized carbons (Fsp3) is 0.389. The molecule has 0 amide bonds. The van der Waals surface area contributed by atoms with Gasteiger partial charge in [0.1, 0.15) is 11.9 Å². The maximum absolute atomic E-state index is 5.91. The average Bonchev–Trinajstić information content (AvgIpc) is 2.93. The van der Waals surface area contributed by atoms with Crippen molar-refractivity contribution >= 4 is 29.9 Å². The van der Waals surface area contributed by atoms with Crippen LogP contribution in [0.5, 0.6) is 5.75 Å². The van der Waals surface area contributed by atoms with Crippen LogP contribution in [-0.4, -0.2) is 30.2 Å². The van der Waals surface area contributed by atoms with Crippen LogP contribution in [0, 0.1) is 6.92 Å². The second kappa shape index (κ2) is 10.2. The number of hydrogen-bond donors (Lipinski definition) is 2. The van der Waals surface area contributed by atoms with Crippen molar-refractivity contribution in [1.29, 1.82) is 0 Å². The summed E-state index contributed by atoms with van der Waals surface area (Å²) in [6, 6.07) is 10.2. The lowest BCUT2D eigenvalue weighted by atomic mass is 10.2. The molecule has 5 nitrogen and oxygen atoms in total. The summed E-state index contributed by atoms with van der Waals surface area (Å²) in [5, 5.41) is 6.59. The minimum atomic E-state index is 0. The highest BCUT2D eigenvalue weighted by molar-refractivity contribution is 14.0. The lowest BCUT2D eigenvalue weighted by molar-refractivity contribution is 0.223. The number of rotatable bonds is 6. The molecule has 6 heteroatoms. The van der Waals surface area contributed by atoms with Crippen molar-refractivity contribution in [2.45, 2.75) is 26.5 Å². The maximum atomic E-state index is 5.91. The van der Waals surface area contributed by atoms with Crippen LogP contribution in [0.25, 0.3) is 0 Å². The number of nitrogens with zero attached hydrogens (tertiary/aromatic N) is 2. The van der Waals surface area contributed by atoms with E-state index in [9.17, 15) is 0 Å². The molecule has 2 aromatic rings. The number of aryl methyl sites for hydroxylation is 2. The Balaban J connectivity index is 0.00000288. The Morgan fingerprint density at radius 3 is 2.71 bits per heavy atom. The van der Waals surface area contributed by atoms with Crippen molar-refractivity contribution in [2.75, 3.05) is 13.6 Å². The van der Waals surface area contributed by atoms with Crippen LogP contribution < -0.4 is 15.4 Å². The predicted molar refractivity (Wildman–Crippen MR) is 110 cm³/mol. The van der Waals surface area contributed by atoms with E-state index in [-0.39, 0.29) is 30.1 Å². The van der Waals surface area contributed by atoms with Crippen LogP contribution in [-0.2, 0) is 13.6 Å². The minimum Gasteiger partial charge on any atom is -0.489 e. The maximum Gasteiger partial charge on any atom is 0.191 e. The molecule has 1 atom stereocenters. The van der Waals surface area contributed by atoms with E-state index in [0.717, 1.165) is 18.3 Å². The van der Waals surface area contributed by atoms with Crippen LogP contribution >= 0.6 is 24.0 Å². The van der Waals surface area contributed by atoms with Gasteiger partial charge < -0.3 is 19.9 Å². The van der Waals surface area contributed by atoms with Gasteiger partial charge in [0.05, 0.1) is 6.54 Å². The first kappa shape index (κ1) is 20.3. The lowest BCUT2D eigenvalue weighted by Gasteiger charge is -2.18. The zero-order valence-electron chi connectivity index (χ0n) is 14.7. The van der Waals surface area contributed by atoms with Gasteiger partial charge in [-0.05, 0) is 43.2 Å². The lowest BCUT2D eigenvalue weighted by Crippen LogP contribution is -2.41. The summed E-state index contributed by atoms with van der Waals surface area (Å²) in [5.41, 5.74) is 2.42. The van der Waals surface area contributed by atoms with Gasteiger partial charge in [-0.1, -0.05) is 12.1 Å². The number of benzene rings is 1. The molecule has 2 rings (SSSR count). The van der Waals surface area contributed by atoms with Gasteiger partial charge >= 0.3 is 0 Å². The van der Waals surface area contributed by atoms with E-state index in [1.807, 2.05) is 42.9 Å². The second-order valence-electron chi connectivity index (χ2n) is 5.74. The van der Waals surface area contributed by atoms with Gasteiger partial charge in [0.2, 0.25) is 0 Å². The molecule has 1 aromatic carbocycles. The number of nitrogens with one attached hydrogen (secondary N) is 2. The summed E-state index contributed by atoms with van der Waals surface area (Å²) in [4.78, 5) is 4.24. The van der Waals surface area contributed by atoms with Gasteiger partial charge in [0, 0.05) is 33.0 Å². The molecule has 0 fully saturated rings. The highest BCUT2D eigenvalue weighted by Crippen LogP contribution is 2.13. The summed E-state index contributed by atoms with van der Waals surface area (Å²) >= 11 is 0. The van der Waals surface area contributed by atoms with Crippen molar-refractivity contribution in [1.82, 2.24) is 15.2 Å². The highest BCUT2D eigenvalue weighted by Gasteiger charge is 2.06. The van der Waals surface area contributed by atoms with Crippen LogP contribution in [0.3, 0.4) is 0 Å². The molecule has 0 aliphatic rings. The smallest absolute Gasteiger partial charge is 0.191 e. The number of guanidine groups is 1. The minimum absolute atomic E-state index is 0. The van der Waals surface area contributed by atoms with Gasteiger partial charge in [-0.15, -0.1) is 24.0 Å². The summed E-state index contributed by atoms with van der Waals surface area (Å²) in [7, 11) is 3.79. The fourth-order valence-electron chi connectivity index (χ4n) is 2.27. The Labute approximate surface area is 161 Å². The van der Waals surface area contributed by atoms with Crippen LogP contribution in [0.2, 0.25) is 0 Å². The van der Waals surface area contributed by atoms with Crippen LogP contribution in [0.15, 0.2) is 47.7 Å². The second-order valence-corrected chi connectivity index (χ2v) is 5.74. The van der Waals surface area contributed by atoms with E-state index in [2.05, 4.69) is 40.9 Å². The number of ether oxygens (including phenoxy) is 1. The van der Waals surface area contributed by atoms with Gasteiger partial charge in [-0.3, -0.25) is 4.99 Å². The van der Waals surface area contributed by atoms with Crippen molar-refractivity contribution < 1.29 is 4.74 Å². The Morgan fingerprint density at radius 2 is 2.08 bits per heavy atom. The highest BCUT2D eigenvalue weighted by atomic mass is 127. The third-order valence-electron chi connectivity index (χ3n) is 3.46. The monoisotopic (exact) mass is 442 g/mol. The molecule has 0 bridgehead atoms. The molecular formula is C18H27IN4O. The van der Waals surface area contributed by atoms with E-state index in [4.69, 9.17) is 4.74 Å². The first-order valence-corrected chi connectivity index (χ1v) is 7.85. The number of aliphatic imine (C=N–C) groups is 1. The topological polar surface area (TPSA) is 50.6 Å². The number of halogens is 1. The summed E-state index contributed by atoms with van der Waals surface area (Å²) in [5.74, 6) is 1.67. The van der Waals surface area contributed by atoms with Gasteiger partial charge in [0.15, 0.2) is 5.96 Å². The molecule has 0 aliphatic heterocycles. The molecule has 132 valence electrons. The Morgan fingerprint density at radius 1 is 1.29 bits per heavy atom. The molecular weight excluding hydrogens is 415 g/mol. The van der Waals surface area contributed by atoms with Gasteiger partial charge in [-0.2, -0.15) is 0 Å². The molecule has 0 saturated carbocycles. The number of hydrogen-bond acceptors (Lipinski definition) is 2. The largest absolute Gasteiger partial charge is 0.489 e. The molecule has 0 aliphatic carbocycles. The molecule has 2 N–H and O–H groups in total. The summed E-state index contributed by atoms with van der Waals surface area (Å²) < 4.78 is 7.94. The van der Waals surface area contributed by atoms with E-state index >= 15 is 0 Å². The molecule has 0 radical (unpaired) electrons. The van der Waals surface area contributed by atoms with E-state index in [0.29, 0.717) is 6.54 Å². The normalized spacial score (nSPS) is 12.2. The zero-order chi connectivity index (χ0) is 16.7. The van der Waals surface area contributed by atoms with E-state index in [1.54, 1.807) is 7.05 Å². The Bertz CT molecular complexity index is 654. The first-order chi connectivity index (χ1) is 11.1. The van der Waals surface area contributed by atoms with Crippen molar-refractivity contribution in [3.05, 3.63) is 53.9 Å². The SMILES string of the molecule is CN=C(NCc1ccn(C)c1)NCC(C)Oc1cccc(C)c1.I. The standard InChI is InChI=1S/C18H26N4O.HI/c1-14-6-5-7-17(10-14)23-15(2)11-20-18(19-3)21-12-16-8-9-22(4)13-16;/h5-10,13,15H,11-12H2,1-4H3,(H2,19,20,21);1H. The van der Waals surface area contributed by atoms with E-state index < -0.39 is 0 Å². The Kier molecular flexibility index (Phi) is 8.67. The quantitative estimate of drug-likeness (QED) is 0.411. The number of aromatic nitrogens is 1. The third kappa shape index (κ3) is 6.82. The molecule has 0 saturated heterocycles. The predicted octanol–water partition coefficient (Wildman–Crippen LogP) is 3.08. The average molecular weight is 442 g/mol. The Hall–Kier alpha value is -1.70. The van der Waals surface area contributed by atoms with Crippen molar-refractivity contribution in [3.8, 4) is 5.75 Å². The molecule has 24 heavy (non-hydrogen) atoms. The summed E-state index contributed by atoms with van der Waals surface area (Å²) in [6.07, 6.45) is 4.17. The summed E-state index contributed by atoms with van der Waals surface area (Å²) in [6.45, 7) is 5.53.